The summed E-state index contributed by atoms with van der Waals surface area (Å²) < 4.78 is 25.7. The Morgan fingerprint density at radius 1 is 1.15 bits per heavy atom. The number of allylic oxidation sites excluding steroid dienone is 2. The Balaban J connectivity index is 1.96. The number of Topliss-reactive ketones (excluding diaryl/α,β-unsaturated/α-hetero) is 1. The zero-order valence-corrected chi connectivity index (χ0v) is 15.9. The number of rotatable bonds is 2. The molecule has 2 aliphatic heterocycles. The van der Waals surface area contributed by atoms with Crippen molar-refractivity contribution in [3.63, 3.8) is 0 Å². The Labute approximate surface area is 161 Å². The minimum atomic E-state index is -3.58. The Hall–Kier alpha value is -2.06. The second-order valence-corrected chi connectivity index (χ2v) is 9.56. The van der Waals surface area contributed by atoms with Gasteiger partial charge in [0.2, 0.25) is 0 Å². The molecule has 1 aromatic rings. The average molecular weight is 409 g/mol. The molecule has 0 aromatic heterocycles. The second kappa shape index (κ2) is 6.53. The summed E-state index contributed by atoms with van der Waals surface area (Å²) in [6.45, 7) is 0. The fourth-order valence-corrected chi connectivity index (χ4v) is 6.40. The first-order valence-electron chi connectivity index (χ1n) is 8.79. The van der Waals surface area contributed by atoms with Gasteiger partial charge in [-0.15, -0.1) is 0 Å². The van der Waals surface area contributed by atoms with Gasteiger partial charge < -0.3 is 0 Å². The first-order chi connectivity index (χ1) is 12.8. The topological polar surface area (TPSA) is 107 Å². The van der Waals surface area contributed by atoms with E-state index in [1.807, 2.05) is 0 Å². The third-order valence-corrected chi connectivity index (χ3v) is 7.73. The van der Waals surface area contributed by atoms with Crippen molar-refractivity contribution in [2.75, 3.05) is 5.75 Å². The molecule has 0 N–H and O–H groups in total. The van der Waals surface area contributed by atoms with Crippen LogP contribution in [0.15, 0.2) is 33.8 Å². The van der Waals surface area contributed by atoms with Gasteiger partial charge in [0, 0.05) is 24.1 Å². The van der Waals surface area contributed by atoms with Gasteiger partial charge in [0.25, 0.3) is 5.69 Å². The van der Waals surface area contributed by atoms with Crippen molar-refractivity contribution in [1.29, 1.82) is 0 Å². The molecule has 9 heteroatoms. The van der Waals surface area contributed by atoms with E-state index in [-0.39, 0.29) is 27.2 Å². The lowest BCUT2D eigenvalue weighted by atomic mass is 9.72. The third kappa shape index (κ3) is 3.00. The van der Waals surface area contributed by atoms with E-state index >= 15 is 0 Å². The number of nitro benzene ring substituents is 1. The zero-order valence-electron chi connectivity index (χ0n) is 14.4. The number of carbonyl (C=O) groups is 1. The number of sulfone groups is 1. The van der Waals surface area contributed by atoms with Crippen molar-refractivity contribution in [2.45, 2.75) is 38.0 Å². The molecule has 0 bridgehead atoms. The summed E-state index contributed by atoms with van der Waals surface area (Å²) in [4.78, 5) is 28.2. The lowest BCUT2D eigenvalue weighted by Gasteiger charge is -2.37. The quantitative estimate of drug-likeness (QED) is 0.549. The van der Waals surface area contributed by atoms with Crippen LogP contribution in [-0.4, -0.2) is 30.6 Å². The molecule has 27 heavy (non-hydrogen) atoms. The number of fused-ring (bicyclic) bond motifs is 1. The largest absolute Gasteiger partial charge is 0.299 e. The van der Waals surface area contributed by atoms with Crippen molar-refractivity contribution in [3.05, 3.63) is 49.5 Å². The van der Waals surface area contributed by atoms with Crippen molar-refractivity contribution in [1.82, 2.24) is 0 Å². The molecular weight excluding hydrogens is 392 g/mol. The van der Waals surface area contributed by atoms with Gasteiger partial charge in [-0.2, -0.15) is 0 Å². The highest BCUT2D eigenvalue weighted by Crippen LogP contribution is 2.48. The minimum absolute atomic E-state index is 0.00375. The molecule has 1 saturated carbocycles. The van der Waals surface area contributed by atoms with Crippen molar-refractivity contribution in [3.8, 4) is 0 Å². The predicted molar refractivity (Wildman–Crippen MR) is 101 cm³/mol. The lowest BCUT2D eigenvalue weighted by Crippen LogP contribution is -2.40. The summed E-state index contributed by atoms with van der Waals surface area (Å²) in [6, 6.07) is 4.27. The van der Waals surface area contributed by atoms with Crippen LogP contribution < -0.4 is 0 Å². The van der Waals surface area contributed by atoms with Gasteiger partial charge in [-0.3, -0.25) is 19.9 Å². The van der Waals surface area contributed by atoms with Crippen LogP contribution in [0.2, 0.25) is 5.02 Å². The van der Waals surface area contributed by atoms with Gasteiger partial charge in [-0.05, 0) is 37.3 Å². The van der Waals surface area contributed by atoms with E-state index in [4.69, 9.17) is 11.6 Å². The molecule has 2 heterocycles. The number of carbonyl (C=O) groups excluding carboxylic acids is 1. The van der Waals surface area contributed by atoms with Gasteiger partial charge >= 0.3 is 0 Å². The van der Waals surface area contributed by atoms with Crippen LogP contribution in [0.5, 0.6) is 0 Å². The molecule has 0 saturated heterocycles. The number of benzene rings is 1. The van der Waals surface area contributed by atoms with Gasteiger partial charge in [-0.1, -0.05) is 17.7 Å². The Morgan fingerprint density at radius 2 is 1.93 bits per heavy atom. The summed E-state index contributed by atoms with van der Waals surface area (Å²) in [5.74, 6) is -1.49. The summed E-state index contributed by atoms with van der Waals surface area (Å²) >= 11 is 5.93. The van der Waals surface area contributed by atoms with Gasteiger partial charge in [0.05, 0.1) is 27.2 Å². The smallest absolute Gasteiger partial charge is 0.288 e. The molecule has 4 rings (SSSR count). The fourth-order valence-electron chi connectivity index (χ4n) is 4.30. The number of halogens is 1. The molecule has 0 spiro atoms. The fraction of sp³-hybridized carbons (Fsp3) is 0.444. The molecule has 1 aliphatic carbocycles. The Bertz CT molecular complexity index is 1030. The first-order valence-corrected chi connectivity index (χ1v) is 10.8. The van der Waals surface area contributed by atoms with E-state index in [1.54, 1.807) is 6.07 Å². The average Bonchev–Trinajstić information content (AvgIpc) is 2.60. The van der Waals surface area contributed by atoms with Crippen LogP contribution in [0, 0.1) is 16.0 Å². The number of aliphatic imine (C=N–C) groups is 1. The molecule has 3 aliphatic rings. The van der Waals surface area contributed by atoms with Crippen LogP contribution in [-0.2, 0) is 14.6 Å². The van der Waals surface area contributed by atoms with Crippen LogP contribution in [0.1, 0.15) is 43.6 Å². The summed E-state index contributed by atoms with van der Waals surface area (Å²) in [6.07, 6.45) is 2.71. The molecule has 2 atom stereocenters. The number of hydrogen-bond acceptors (Lipinski definition) is 6. The molecule has 7 nitrogen and oxygen atoms in total. The third-order valence-electron chi connectivity index (χ3n) is 5.43. The number of nitrogens with zero attached hydrogens (tertiary/aromatic N) is 2. The highest BCUT2D eigenvalue weighted by atomic mass is 35.5. The highest BCUT2D eigenvalue weighted by molar-refractivity contribution is 7.95. The number of hydrogen-bond donors (Lipinski definition) is 0. The summed E-state index contributed by atoms with van der Waals surface area (Å²) in [5.41, 5.74) is 1.34. The van der Waals surface area contributed by atoms with Crippen LogP contribution in [0.4, 0.5) is 5.69 Å². The highest BCUT2D eigenvalue weighted by Gasteiger charge is 2.47. The molecule has 142 valence electrons. The SMILES string of the molecule is O=C1CCCC2=NC3=C(C(c4ccc(Cl)c([N+](=O)[O-])c4)C12)S(=O)(=O)CCC3. The number of ketones is 1. The molecule has 0 amide bonds. The predicted octanol–water partition coefficient (Wildman–Crippen LogP) is 3.58. The second-order valence-electron chi connectivity index (χ2n) is 7.08. The summed E-state index contributed by atoms with van der Waals surface area (Å²) in [5, 5.41) is 11.3. The Kier molecular flexibility index (Phi) is 4.43. The van der Waals surface area contributed by atoms with E-state index in [0.29, 0.717) is 49.1 Å². The van der Waals surface area contributed by atoms with Crippen LogP contribution in [0.25, 0.3) is 0 Å². The van der Waals surface area contributed by atoms with E-state index in [9.17, 15) is 23.3 Å². The van der Waals surface area contributed by atoms with Crippen molar-refractivity contribution in [2.24, 2.45) is 10.9 Å². The van der Waals surface area contributed by atoms with Gasteiger partial charge in [-0.25, -0.2) is 8.42 Å². The maximum Gasteiger partial charge on any atom is 0.288 e. The van der Waals surface area contributed by atoms with Gasteiger partial charge in [0.1, 0.15) is 10.8 Å². The molecule has 1 aromatic carbocycles. The van der Waals surface area contributed by atoms with Gasteiger partial charge in [0.15, 0.2) is 9.84 Å². The van der Waals surface area contributed by atoms with E-state index in [0.717, 1.165) is 0 Å². The molecular formula is C18H17ClN2O5S. The molecule has 1 fully saturated rings. The lowest BCUT2D eigenvalue weighted by molar-refractivity contribution is -0.384. The van der Waals surface area contributed by atoms with Crippen LogP contribution in [0.3, 0.4) is 0 Å². The van der Waals surface area contributed by atoms with Crippen molar-refractivity contribution >= 4 is 38.6 Å². The maximum atomic E-state index is 12.9. The van der Waals surface area contributed by atoms with E-state index < -0.39 is 26.6 Å². The minimum Gasteiger partial charge on any atom is -0.299 e. The van der Waals surface area contributed by atoms with Crippen LogP contribution >= 0.6 is 11.6 Å². The molecule has 2 unspecified atom stereocenters. The number of nitro groups is 1. The summed E-state index contributed by atoms with van der Waals surface area (Å²) in [7, 11) is -3.58. The maximum absolute atomic E-state index is 12.9. The van der Waals surface area contributed by atoms with Crippen molar-refractivity contribution < 1.29 is 18.1 Å². The molecule has 0 radical (unpaired) electrons. The monoisotopic (exact) mass is 408 g/mol. The van der Waals surface area contributed by atoms with E-state index in [1.165, 1.54) is 12.1 Å². The normalized spacial score (nSPS) is 26.9. The van der Waals surface area contributed by atoms with E-state index in [2.05, 4.69) is 4.99 Å². The first kappa shape index (κ1) is 18.3. The standard InChI is InChI=1S/C18H17ClN2O5S/c19-11-7-6-10(9-14(11)21(23)24)16-17-12(3-1-5-15(17)22)20-13-4-2-8-27(25,26)18(13)16/h6-7,9,16-17H,1-5,8H2. The zero-order chi connectivity index (χ0) is 19.3. The Morgan fingerprint density at radius 3 is 2.67 bits per heavy atom.